The highest BCUT2D eigenvalue weighted by molar-refractivity contribution is 8.01. The van der Waals surface area contributed by atoms with Crippen LogP contribution in [-0.4, -0.2) is 29.7 Å². The molecule has 0 aromatic carbocycles. The molecule has 1 fully saturated rings. The van der Waals surface area contributed by atoms with Crippen LogP contribution in [0.25, 0.3) is 0 Å². The number of thioether (sulfide) groups is 1. The first-order valence-electron chi connectivity index (χ1n) is 6.33. The van der Waals surface area contributed by atoms with Gasteiger partial charge in [0.2, 0.25) is 0 Å². The van der Waals surface area contributed by atoms with Crippen molar-refractivity contribution in [2.75, 3.05) is 13.2 Å². The van der Waals surface area contributed by atoms with Crippen LogP contribution in [0.4, 0.5) is 0 Å². The van der Waals surface area contributed by atoms with Crippen LogP contribution in [0.3, 0.4) is 0 Å². The van der Waals surface area contributed by atoms with Crippen LogP contribution in [0.5, 0.6) is 0 Å². The molecule has 2 atom stereocenters. The Morgan fingerprint density at radius 3 is 2.88 bits per heavy atom. The quantitative estimate of drug-likeness (QED) is 0.450. The van der Waals surface area contributed by atoms with Crippen molar-refractivity contribution in [2.45, 2.75) is 50.2 Å². The van der Waals surface area contributed by atoms with Crippen LogP contribution in [-0.2, 0) is 9.53 Å². The van der Waals surface area contributed by atoms with Crippen LogP contribution in [0, 0.1) is 0 Å². The molecule has 0 bridgehead atoms. The van der Waals surface area contributed by atoms with Crippen molar-refractivity contribution < 1.29 is 9.53 Å². The van der Waals surface area contributed by atoms with Gasteiger partial charge in [-0.05, 0) is 13.3 Å². The minimum Gasteiger partial charge on any atom is -0.465 e. The summed E-state index contributed by atoms with van der Waals surface area (Å²) in [6.07, 6.45) is 4.33. The van der Waals surface area contributed by atoms with Gasteiger partial charge in [-0.3, -0.25) is 4.79 Å². The summed E-state index contributed by atoms with van der Waals surface area (Å²) in [5, 5.41) is 0.173. The van der Waals surface area contributed by atoms with E-state index in [-0.39, 0.29) is 16.6 Å². The number of unbranched alkanes of at least 4 members (excludes halogenated alkanes) is 2. The molecule has 100 valence electrons. The molecule has 17 heavy (non-hydrogen) atoms. The molecule has 1 aliphatic rings. The first-order chi connectivity index (χ1) is 8.27. The van der Waals surface area contributed by atoms with Gasteiger partial charge in [0.15, 0.2) is 0 Å². The van der Waals surface area contributed by atoms with E-state index in [0.717, 1.165) is 19.4 Å². The molecule has 1 saturated heterocycles. The van der Waals surface area contributed by atoms with E-state index in [1.807, 2.05) is 6.92 Å². The molecule has 0 radical (unpaired) electrons. The number of rotatable bonds is 8. The topological polar surface area (TPSA) is 62.4 Å². The standard InChI is InChI=1S/C11H23N3O2S/c1-3-5-6-7-9(11(15)16-4-2)17-10-8-12-14-13-10/h9-10,12-14H,3-8H2,1-2H3. The zero-order chi connectivity index (χ0) is 12.5. The maximum absolute atomic E-state index is 11.8. The van der Waals surface area contributed by atoms with Crippen molar-refractivity contribution in [1.82, 2.24) is 16.4 Å². The largest absolute Gasteiger partial charge is 0.465 e. The molecule has 0 aromatic rings. The second-order valence-corrected chi connectivity index (χ2v) is 5.42. The Morgan fingerprint density at radius 1 is 1.47 bits per heavy atom. The third kappa shape index (κ3) is 5.72. The fourth-order valence-corrected chi connectivity index (χ4v) is 2.85. The van der Waals surface area contributed by atoms with Crippen LogP contribution in [0.1, 0.15) is 39.5 Å². The third-order valence-corrected chi connectivity index (χ3v) is 3.93. The molecule has 2 unspecified atom stereocenters. The zero-order valence-electron chi connectivity index (χ0n) is 10.6. The number of carbonyl (C=O) groups excluding carboxylic acids is 1. The van der Waals surface area contributed by atoms with Crippen molar-refractivity contribution in [2.24, 2.45) is 0 Å². The molecule has 1 heterocycles. The Kier molecular flexibility index (Phi) is 7.59. The number of nitrogens with one attached hydrogen (secondary N) is 3. The predicted molar refractivity (Wildman–Crippen MR) is 70.2 cm³/mol. The van der Waals surface area contributed by atoms with Gasteiger partial charge in [-0.1, -0.05) is 26.2 Å². The Morgan fingerprint density at radius 2 is 2.29 bits per heavy atom. The number of ether oxygens (including phenoxy) is 1. The lowest BCUT2D eigenvalue weighted by Gasteiger charge is -2.18. The predicted octanol–water partition coefficient (Wildman–Crippen LogP) is 1.17. The summed E-state index contributed by atoms with van der Waals surface area (Å²) in [7, 11) is 0. The first-order valence-corrected chi connectivity index (χ1v) is 7.27. The van der Waals surface area contributed by atoms with E-state index >= 15 is 0 Å². The monoisotopic (exact) mass is 261 g/mol. The Balaban J connectivity index is 2.36. The molecular formula is C11H23N3O2S. The zero-order valence-corrected chi connectivity index (χ0v) is 11.4. The van der Waals surface area contributed by atoms with Gasteiger partial charge < -0.3 is 4.74 Å². The molecule has 1 aliphatic heterocycles. The van der Waals surface area contributed by atoms with Crippen molar-refractivity contribution in [3.8, 4) is 0 Å². The Bertz CT molecular complexity index is 223. The molecule has 0 spiro atoms. The summed E-state index contributed by atoms with van der Waals surface area (Å²) in [5.41, 5.74) is 8.89. The lowest BCUT2D eigenvalue weighted by Crippen LogP contribution is -2.34. The third-order valence-electron chi connectivity index (χ3n) is 2.56. The van der Waals surface area contributed by atoms with Gasteiger partial charge in [-0.25, -0.2) is 10.9 Å². The normalized spacial score (nSPS) is 21.4. The summed E-state index contributed by atoms with van der Waals surface area (Å²) in [6, 6.07) is 0. The molecular weight excluding hydrogens is 238 g/mol. The fraction of sp³-hybridized carbons (Fsp3) is 0.909. The van der Waals surface area contributed by atoms with E-state index in [1.54, 1.807) is 11.8 Å². The van der Waals surface area contributed by atoms with Crippen molar-refractivity contribution in [1.29, 1.82) is 0 Å². The highest BCUT2D eigenvalue weighted by atomic mass is 32.2. The lowest BCUT2D eigenvalue weighted by molar-refractivity contribution is -0.142. The van der Waals surface area contributed by atoms with Crippen molar-refractivity contribution in [3.05, 3.63) is 0 Å². The first kappa shape index (κ1) is 14.8. The maximum atomic E-state index is 11.8. The van der Waals surface area contributed by atoms with Gasteiger partial charge in [-0.2, -0.15) is 5.53 Å². The molecule has 0 aromatic heterocycles. The lowest BCUT2D eigenvalue weighted by atomic mass is 10.1. The maximum Gasteiger partial charge on any atom is 0.319 e. The molecule has 3 N–H and O–H groups in total. The molecule has 0 saturated carbocycles. The van der Waals surface area contributed by atoms with E-state index in [4.69, 9.17) is 4.74 Å². The summed E-state index contributed by atoms with van der Waals surface area (Å²) < 4.78 is 5.12. The SMILES string of the molecule is CCCCCC(SC1CNNN1)C(=O)OCC. The summed E-state index contributed by atoms with van der Waals surface area (Å²) in [5.74, 6) is -0.0812. The van der Waals surface area contributed by atoms with Gasteiger partial charge in [0.05, 0.1) is 12.0 Å². The van der Waals surface area contributed by atoms with E-state index in [2.05, 4.69) is 23.3 Å². The Hall–Kier alpha value is -0.300. The average molecular weight is 261 g/mol. The van der Waals surface area contributed by atoms with Crippen molar-refractivity contribution in [3.63, 3.8) is 0 Å². The van der Waals surface area contributed by atoms with Crippen LogP contribution in [0.15, 0.2) is 0 Å². The minimum atomic E-state index is -0.0812. The van der Waals surface area contributed by atoms with E-state index in [0.29, 0.717) is 6.61 Å². The number of hydrogen-bond donors (Lipinski definition) is 3. The second-order valence-electron chi connectivity index (χ2n) is 4.01. The Labute approximate surface area is 107 Å². The molecule has 5 nitrogen and oxygen atoms in total. The number of hydrazine groups is 2. The molecule has 6 heteroatoms. The van der Waals surface area contributed by atoms with Crippen molar-refractivity contribution >= 4 is 17.7 Å². The van der Waals surface area contributed by atoms with Crippen LogP contribution < -0.4 is 16.4 Å². The summed E-state index contributed by atoms with van der Waals surface area (Å²) in [6.45, 7) is 5.29. The minimum absolute atomic E-state index is 0.0549. The van der Waals surface area contributed by atoms with Gasteiger partial charge >= 0.3 is 5.97 Å². The highest BCUT2D eigenvalue weighted by Crippen LogP contribution is 2.23. The van der Waals surface area contributed by atoms with E-state index in [1.165, 1.54) is 12.8 Å². The van der Waals surface area contributed by atoms with Crippen LogP contribution >= 0.6 is 11.8 Å². The smallest absolute Gasteiger partial charge is 0.319 e. The number of hydrogen-bond acceptors (Lipinski definition) is 6. The summed E-state index contributed by atoms with van der Waals surface area (Å²) in [4.78, 5) is 11.8. The van der Waals surface area contributed by atoms with Gasteiger partial charge in [0.1, 0.15) is 5.25 Å². The fourth-order valence-electron chi connectivity index (χ4n) is 1.66. The van der Waals surface area contributed by atoms with Crippen LogP contribution in [0.2, 0.25) is 0 Å². The summed E-state index contributed by atoms with van der Waals surface area (Å²) >= 11 is 1.64. The van der Waals surface area contributed by atoms with Gasteiger partial charge in [-0.15, -0.1) is 11.8 Å². The molecule has 0 amide bonds. The number of esters is 1. The van der Waals surface area contributed by atoms with E-state index < -0.39 is 0 Å². The number of carbonyl (C=O) groups is 1. The van der Waals surface area contributed by atoms with Gasteiger partial charge in [0.25, 0.3) is 0 Å². The molecule has 1 rings (SSSR count). The highest BCUT2D eigenvalue weighted by Gasteiger charge is 2.25. The van der Waals surface area contributed by atoms with Gasteiger partial charge in [0, 0.05) is 6.54 Å². The van der Waals surface area contributed by atoms with E-state index in [9.17, 15) is 4.79 Å². The molecule has 0 aliphatic carbocycles. The second kappa shape index (κ2) is 8.74. The average Bonchev–Trinajstić information content (AvgIpc) is 2.81.